The standard InChI is InChI=1S/C18H27N3O3/c1-5-10-21(12-14-6-8-15(24-4)9-7-14)16(22)11-20-18(23)17(19)13(2)3/h5-9,13,17H,1,10-12,19H2,2-4H3,(H,20,23)/t17-/m0/s1. The third-order valence-electron chi connectivity index (χ3n) is 3.67. The molecule has 0 bridgehead atoms. The molecule has 1 atom stereocenters. The van der Waals surface area contributed by atoms with Crippen LogP contribution in [0.15, 0.2) is 36.9 Å². The van der Waals surface area contributed by atoms with Crippen LogP contribution < -0.4 is 15.8 Å². The second-order valence-corrected chi connectivity index (χ2v) is 5.90. The van der Waals surface area contributed by atoms with Crippen molar-refractivity contribution in [1.29, 1.82) is 0 Å². The van der Waals surface area contributed by atoms with Crippen LogP contribution >= 0.6 is 0 Å². The third kappa shape index (κ3) is 6.04. The van der Waals surface area contributed by atoms with E-state index < -0.39 is 6.04 Å². The average molecular weight is 333 g/mol. The van der Waals surface area contributed by atoms with Crippen molar-refractivity contribution in [3.63, 3.8) is 0 Å². The van der Waals surface area contributed by atoms with Crippen molar-refractivity contribution in [2.75, 3.05) is 20.2 Å². The third-order valence-corrected chi connectivity index (χ3v) is 3.67. The zero-order chi connectivity index (χ0) is 18.1. The molecule has 0 saturated heterocycles. The smallest absolute Gasteiger partial charge is 0.242 e. The zero-order valence-corrected chi connectivity index (χ0v) is 14.6. The van der Waals surface area contributed by atoms with E-state index in [1.54, 1.807) is 18.1 Å². The van der Waals surface area contributed by atoms with E-state index >= 15 is 0 Å². The van der Waals surface area contributed by atoms with Gasteiger partial charge in [0.15, 0.2) is 0 Å². The van der Waals surface area contributed by atoms with Crippen LogP contribution in [0.3, 0.4) is 0 Å². The number of hydrogen-bond acceptors (Lipinski definition) is 4. The molecule has 0 aliphatic rings. The number of rotatable bonds is 9. The molecule has 0 spiro atoms. The van der Waals surface area contributed by atoms with Crippen LogP contribution in [0.2, 0.25) is 0 Å². The fraction of sp³-hybridized carbons (Fsp3) is 0.444. The van der Waals surface area contributed by atoms with E-state index in [-0.39, 0.29) is 24.3 Å². The van der Waals surface area contributed by atoms with Gasteiger partial charge in [0, 0.05) is 13.1 Å². The largest absolute Gasteiger partial charge is 0.497 e. The molecular weight excluding hydrogens is 306 g/mol. The molecule has 6 nitrogen and oxygen atoms in total. The summed E-state index contributed by atoms with van der Waals surface area (Å²) >= 11 is 0. The first-order chi connectivity index (χ1) is 11.4. The van der Waals surface area contributed by atoms with Crippen LogP contribution in [-0.4, -0.2) is 43.0 Å². The van der Waals surface area contributed by atoms with Gasteiger partial charge in [-0.05, 0) is 23.6 Å². The number of carbonyl (C=O) groups excluding carboxylic acids is 2. The van der Waals surface area contributed by atoms with Crippen LogP contribution in [0.1, 0.15) is 19.4 Å². The molecule has 1 aromatic rings. The van der Waals surface area contributed by atoms with Crippen molar-refractivity contribution < 1.29 is 14.3 Å². The highest BCUT2D eigenvalue weighted by Crippen LogP contribution is 2.13. The van der Waals surface area contributed by atoms with Gasteiger partial charge in [-0.2, -0.15) is 0 Å². The van der Waals surface area contributed by atoms with Gasteiger partial charge in [0.25, 0.3) is 0 Å². The minimum atomic E-state index is -0.618. The molecule has 0 fully saturated rings. The normalized spacial score (nSPS) is 11.7. The number of nitrogens with one attached hydrogen (secondary N) is 1. The summed E-state index contributed by atoms with van der Waals surface area (Å²) in [5.41, 5.74) is 6.74. The lowest BCUT2D eigenvalue weighted by Crippen LogP contribution is -2.47. The first kappa shape index (κ1) is 19.7. The number of nitrogens with two attached hydrogens (primary N) is 1. The highest BCUT2D eigenvalue weighted by Gasteiger charge is 2.19. The van der Waals surface area contributed by atoms with Crippen molar-refractivity contribution in [3.05, 3.63) is 42.5 Å². The first-order valence-electron chi connectivity index (χ1n) is 7.94. The predicted molar refractivity (Wildman–Crippen MR) is 94.4 cm³/mol. The maximum absolute atomic E-state index is 12.4. The second kappa shape index (κ2) is 9.72. The van der Waals surface area contributed by atoms with E-state index in [1.165, 1.54) is 0 Å². The van der Waals surface area contributed by atoms with Crippen molar-refractivity contribution in [1.82, 2.24) is 10.2 Å². The molecular formula is C18H27N3O3. The molecule has 0 radical (unpaired) electrons. The summed E-state index contributed by atoms with van der Waals surface area (Å²) in [5.74, 6) is 0.273. The number of benzene rings is 1. The van der Waals surface area contributed by atoms with E-state index in [2.05, 4.69) is 11.9 Å². The Morgan fingerprint density at radius 3 is 2.46 bits per heavy atom. The van der Waals surface area contributed by atoms with Gasteiger partial charge in [-0.25, -0.2) is 0 Å². The summed E-state index contributed by atoms with van der Waals surface area (Å²) in [6.45, 7) is 8.15. The Morgan fingerprint density at radius 2 is 1.96 bits per heavy atom. The molecule has 2 amide bonds. The Bertz CT molecular complexity index is 555. The summed E-state index contributed by atoms with van der Waals surface area (Å²) in [4.78, 5) is 25.8. The van der Waals surface area contributed by atoms with E-state index in [0.717, 1.165) is 11.3 Å². The molecule has 3 N–H and O–H groups in total. The van der Waals surface area contributed by atoms with E-state index in [9.17, 15) is 9.59 Å². The number of nitrogens with zero attached hydrogens (tertiary/aromatic N) is 1. The van der Waals surface area contributed by atoms with Gasteiger partial charge < -0.3 is 20.7 Å². The molecule has 1 rings (SSSR count). The first-order valence-corrected chi connectivity index (χ1v) is 7.94. The van der Waals surface area contributed by atoms with Gasteiger partial charge in [-0.15, -0.1) is 6.58 Å². The highest BCUT2D eigenvalue weighted by molar-refractivity contribution is 5.87. The number of methoxy groups -OCH3 is 1. The molecule has 0 saturated carbocycles. The van der Waals surface area contributed by atoms with Crippen LogP contribution in [0.25, 0.3) is 0 Å². The van der Waals surface area contributed by atoms with Crippen molar-refractivity contribution in [3.8, 4) is 5.75 Å². The molecule has 0 heterocycles. The molecule has 0 unspecified atom stereocenters. The highest BCUT2D eigenvalue weighted by atomic mass is 16.5. The fourth-order valence-corrected chi connectivity index (χ4v) is 2.06. The van der Waals surface area contributed by atoms with E-state index in [4.69, 9.17) is 10.5 Å². The van der Waals surface area contributed by atoms with Crippen LogP contribution in [0.4, 0.5) is 0 Å². The second-order valence-electron chi connectivity index (χ2n) is 5.90. The predicted octanol–water partition coefficient (Wildman–Crippen LogP) is 1.31. The number of ether oxygens (including phenoxy) is 1. The summed E-state index contributed by atoms with van der Waals surface area (Å²) in [6, 6.07) is 6.86. The van der Waals surface area contributed by atoms with Gasteiger partial charge in [0.2, 0.25) is 11.8 Å². The Labute approximate surface area is 143 Å². The lowest BCUT2D eigenvalue weighted by atomic mass is 10.1. The van der Waals surface area contributed by atoms with Gasteiger partial charge >= 0.3 is 0 Å². The maximum atomic E-state index is 12.4. The summed E-state index contributed by atoms with van der Waals surface area (Å²) in [6.07, 6.45) is 1.66. The fourth-order valence-electron chi connectivity index (χ4n) is 2.06. The van der Waals surface area contributed by atoms with Crippen LogP contribution in [0.5, 0.6) is 5.75 Å². The molecule has 132 valence electrons. The average Bonchev–Trinajstić information content (AvgIpc) is 2.58. The molecule has 24 heavy (non-hydrogen) atoms. The van der Waals surface area contributed by atoms with Crippen molar-refractivity contribution in [2.45, 2.75) is 26.4 Å². The lowest BCUT2D eigenvalue weighted by Gasteiger charge is -2.22. The minimum Gasteiger partial charge on any atom is -0.497 e. The molecule has 1 aromatic carbocycles. The monoisotopic (exact) mass is 333 g/mol. The van der Waals surface area contributed by atoms with E-state index in [1.807, 2.05) is 38.1 Å². The van der Waals surface area contributed by atoms with Gasteiger partial charge in [-0.3, -0.25) is 9.59 Å². The molecule has 6 heteroatoms. The van der Waals surface area contributed by atoms with Crippen molar-refractivity contribution in [2.24, 2.45) is 11.7 Å². The summed E-state index contributed by atoms with van der Waals surface area (Å²) in [7, 11) is 1.60. The SMILES string of the molecule is C=CCN(Cc1ccc(OC)cc1)C(=O)CNC(=O)[C@@H](N)C(C)C. The number of carbonyl (C=O) groups is 2. The molecule has 0 aromatic heterocycles. The number of hydrogen-bond donors (Lipinski definition) is 2. The van der Waals surface area contributed by atoms with Gasteiger partial charge in [-0.1, -0.05) is 32.1 Å². The Balaban J connectivity index is 2.64. The van der Waals surface area contributed by atoms with Gasteiger partial charge in [0.05, 0.1) is 19.7 Å². The molecule has 0 aliphatic heterocycles. The topological polar surface area (TPSA) is 84.7 Å². The van der Waals surface area contributed by atoms with Crippen LogP contribution in [-0.2, 0) is 16.1 Å². The lowest BCUT2D eigenvalue weighted by molar-refractivity contribution is -0.133. The minimum absolute atomic E-state index is 0.0173. The Morgan fingerprint density at radius 1 is 1.33 bits per heavy atom. The summed E-state index contributed by atoms with van der Waals surface area (Å²) < 4.78 is 5.12. The quantitative estimate of drug-likeness (QED) is 0.667. The number of amides is 2. The van der Waals surface area contributed by atoms with Crippen LogP contribution in [0, 0.1) is 5.92 Å². The molecule has 0 aliphatic carbocycles. The van der Waals surface area contributed by atoms with Crippen molar-refractivity contribution >= 4 is 11.8 Å². The maximum Gasteiger partial charge on any atom is 0.242 e. The Kier molecular flexibility index (Phi) is 7.98. The van der Waals surface area contributed by atoms with E-state index in [0.29, 0.717) is 13.1 Å². The Hall–Kier alpha value is -2.34. The summed E-state index contributed by atoms with van der Waals surface area (Å²) in [5, 5.41) is 2.60. The zero-order valence-electron chi connectivity index (χ0n) is 14.6. The van der Waals surface area contributed by atoms with Gasteiger partial charge in [0.1, 0.15) is 5.75 Å².